The molecule has 0 atom stereocenters. The molecule has 0 saturated heterocycles. The first-order valence-corrected chi connectivity index (χ1v) is 7.47. The Kier molecular flexibility index (Phi) is 3.32. The highest BCUT2D eigenvalue weighted by molar-refractivity contribution is 9.10. The van der Waals surface area contributed by atoms with E-state index in [0.717, 1.165) is 4.70 Å². The molecule has 9 heteroatoms. The van der Waals surface area contributed by atoms with E-state index in [1.54, 1.807) is 11.4 Å². The molecule has 0 saturated carbocycles. The molecule has 0 aliphatic heterocycles. The van der Waals surface area contributed by atoms with Crippen LogP contribution in [0.3, 0.4) is 0 Å². The van der Waals surface area contributed by atoms with E-state index >= 15 is 0 Å². The molecule has 0 radical (unpaired) electrons. The molecule has 0 fully saturated rings. The molecule has 1 aromatic heterocycles. The van der Waals surface area contributed by atoms with Gasteiger partial charge < -0.3 is 4.18 Å². The van der Waals surface area contributed by atoms with Crippen LogP contribution in [-0.4, -0.2) is 13.9 Å². The van der Waals surface area contributed by atoms with Crippen molar-refractivity contribution in [3.8, 4) is 5.75 Å². The Balaban J connectivity index is 2.48. The minimum atomic E-state index is -5.65. The predicted molar refractivity (Wildman–Crippen MR) is 65.1 cm³/mol. The molecule has 0 N–H and O–H groups in total. The normalized spacial score (nSPS) is 12.9. The second-order valence-electron chi connectivity index (χ2n) is 3.19. The molecule has 0 unspecified atom stereocenters. The van der Waals surface area contributed by atoms with Crippen molar-refractivity contribution in [1.29, 1.82) is 0 Å². The van der Waals surface area contributed by atoms with Crippen LogP contribution >= 0.6 is 27.3 Å². The van der Waals surface area contributed by atoms with Crippen molar-refractivity contribution in [1.82, 2.24) is 0 Å². The lowest BCUT2D eigenvalue weighted by Gasteiger charge is -2.10. The SMILES string of the molecule is O=S(=O)(Oc1ccc2sccc2c1Br)C(F)(F)F. The van der Waals surface area contributed by atoms with Gasteiger partial charge in [0, 0.05) is 10.1 Å². The van der Waals surface area contributed by atoms with E-state index in [0.29, 0.717) is 5.39 Å². The van der Waals surface area contributed by atoms with Gasteiger partial charge in [0.25, 0.3) is 0 Å². The van der Waals surface area contributed by atoms with E-state index in [-0.39, 0.29) is 4.47 Å². The largest absolute Gasteiger partial charge is 0.534 e. The maximum absolute atomic E-state index is 12.2. The van der Waals surface area contributed by atoms with Crippen LogP contribution in [0, 0.1) is 0 Å². The van der Waals surface area contributed by atoms with Crippen LogP contribution in [0.1, 0.15) is 0 Å². The molecule has 1 heterocycles. The Morgan fingerprint density at radius 1 is 1.22 bits per heavy atom. The highest BCUT2D eigenvalue weighted by Crippen LogP contribution is 2.38. The van der Waals surface area contributed by atoms with Crippen molar-refractivity contribution in [2.24, 2.45) is 0 Å². The lowest BCUT2D eigenvalue weighted by atomic mass is 10.2. The molecule has 0 bridgehead atoms. The molecular weight excluding hydrogens is 357 g/mol. The predicted octanol–water partition coefficient (Wildman–Crippen LogP) is 3.89. The fourth-order valence-electron chi connectivity index (χ4n) is 1.22. The Hall–Kier alpha value is -0.800. The van der Waals surface area contributed by atoms with Gasteiger partial charge in [0.15, 0.2) is 5.75 Å². The topological polar surface area (TPSA) is 43.4 Å². The minimum Gasteiger partial charge on any atom is -0.375 e. The van der Waals surface area contributed by atoms with Gasteiger partial charge in [-0.05, 0) is 39.5 Å². The zero-order valence-corrected chi connectivity index (χ0v) is 11.6. The number of halogens is 4. The van der Waals surface area contributed by atoms with Gasteiger partial charge in [0.05, 0.1) is 4.47 Å². The third-order valence-electron chi connectivity index (χ3n) is 2.02. The van der Waals surface area contributed by atoms with Crippen molar-refractivity contribution in [2.75, 3.05) is 0 Å². The molecule has 98 valence electrons. The van der Waals surface area contributed by atoms with Gasteiger partial charge in [-0.2, -0.15) is 21.6 Å². The van der Waals surface area contributed by atoms with E-state index < -0.39 is 21.4 Å². The third kappa shape index (κ3) is 2.34. The van der Waals surface area contributed by atoms with Crippen LogP contribution in [0.15, 0.2) is 28.1 Å². The van der Waals surface area contributed by atoms with E-state index in [4.69, 9.17) is 0 Å². The smallest absolute Gasteiger partial charge is 0.375 e. The van der Waals surface area contributed by atoms with Crippen molar-refractivity contribution >= 4 is 47.5 Å². The van der Waals surface area contributed by atoms with Gasteiger partial charge in [-0.1, -0.05) is 0 Å². The Bertz CT molecular complexity index is 691. The second-order valence-corrected chi connectivity index (χ2v) is 6.47. The summed E-state index contributed by atoms with van der Waals surface area (Å²) in [6, 6.07) is 4.31. The van der Waals surface area contributed by atoms with Crippen LogP contribution in [0.2, 0.25) is 0 Å². The quantitative estimate of drug-likeness (QED) is 0.602. The molecule has 0 aliphatic carbocycles. The van der Waals surface area contributed by atoms with Crippen molar-refractivity contribution < 1.29 is 25.8 Å². The monoisotopic (exact) mass is 360 g/mol. The summed E-state index contributed by atoms with van der Waals surface area (Å²) >= 11 is 4.41. The highest BCUT2D eigenvalue weighted by Gasteiger charge is 2.48. The summed E-state index contributed by atoms with van der Waals surface area (Å²) in [5.41, 5.74) is -5.45. The van der Waals surface area contributed by atoms with Crippen LogP contribution in [0.4, 0.5) is 13.2 Å². The number of hydrogen-bond acceptors (Lipinski definition) is 4. The summed E-state index contributed by atoms with van der Waals surface area (Å²) in [6.45, 7) is 0. The van der Waals surface area contributed by atoms with Crippen LogP contribution in [0.25, 0.3) is 10.1 Å². The number of rotatable bonds is 2. The number of hydrogen-bond donors (Lipinski definition) is 0. The molecule has 2 aromatic rings. The van der Waals surface area contributed by atoms with Gasteiger partial charge in [-0.15, -0.1) is 11.3 Å². The molecule has 2 rings (SSSR count). The van der Waals surface area contributed by atoms with Gasteiger partial charge in [-0.3, -0.25) is 0 Å². The number of fused-ring (bicyclic) bond motifs is 1. The average molecular weight is 361 g/mol. The highest BCUT2D eigenvalue weighted by atomic mass is 79.9. The maximum Gasteiger partial charge on any atom is 0.534 e. The average Bonchev–Trinajstić information content (AvgIpc) is 2.69. The molecule has 0 amide bonds. The lowest BCUT2D eigenvalue weighted by molar-refractivity contribution is -0.0500. The van der Waals surface area contributed by atoms with Crippen molar-refractivity contribution in [3.05, 3.63) is 28.1 Å². The minimum absolute atomic E-state index is 0.175. The summed E-state index contributed by atoms with van der Waals surface area (Å²) in [6.07, 6.45) is 0. The van der Waals surface area contributed by atoms with Crippen molar-refractivity contribution in [3.63, 3.8) is 0 Å². The number of alkyl halides is 3. The van der Waals surface area contributed by atoms with Crippen molar-refractivity contribution in [2.45, 2.75) is 5.51 Å². The van der Waals surface area contributed by atoms with E-state index in [9.17, 15) is 21.6 Å². The first kappa shape index (κ1) is 13.6. The fraction of sp³-hybridized carbons (Fsp3) is 0.111. The molecule has 1 aromatic carbocycles. The number of thiophene rings is 1. The summed E-state index contributed by atoms with van der Waals surface area (Å²) in [5, 5.41) is 2.33. The summed E-state index contributed by atoms with van der Waals surface area (Å²) < 4.78 is 63.4. The molecule has 18 heavy (non-hydrogen) atoms. The summed E-state index contributed by atoms with van der Waals surface area (Å²) in [5.74, 6) is -0.391. The molecule has 0 aliphatic rings. The Labute approximate surface area is 112 Å². The van der Waals surface area contributed by atoms with Crippen LogP contribution < -0.4 is 4.18 Å². The molecule has 3 nitrogen and oxygen atoms in total. The summed E-state index contributed by atoms with van der Waals surface area (Å²) in [4.78, 5) is 0. The third-order valence-corrected chi connectivity index (χ3v) is 4.68. The van der Waals surface area contributed by atoms with E-state index in [2.05, 4.69) is 20.1 Å². The Morgan fingerprint density at radius 3 is 2.50 bits per heavy atom. The van der Waals surface area contributed by atoms with Gasteiger partial charge in [-0.25, -0.2) is 0 Å². The standard InChI is InChI=1S/C9H4BrF3O3S2/c10-8-5-3-4-17-7(5)2-1-6(8)16-18(14,15)9(11,12)13/h1-4H. The van der Waals surface area contributed by atoms with Crippen LogP contribution in [0.5, 0.6) is 5.75 Å². The van der Waals surface area contributed by atoms with E-state index in [1.165, 1.54) is 23.5 Å². The van der Waals surface area contributed by atoms with Gasteiger partial charge >= 0.3 is 15.6 Å². The lowest BCUT2D eigenvalue weighted by Crippen LogP contribution is -2.28. The van der Waals surface area contributed by atoms with Crippen LogP contribution in [-0.2, 0) is 10.1 Å². The molecular formula is C9H4BrF3O3S2. The maximum atomic E-state index is 12.2. The first-order chi connectivity index (χ1) is 8.22. The fourth-order valence-corrected chi connectivity index (χ4v) is 3.28. The zero-order chi connectivity index (χ0) is 13.6. The summed E-state index contributed by atoms with van der Waals surface area (Å²) in [7, 11) is -5.65. The van der Waals surface area contributed by atoms with Gasteiger partial charge in [0.2, 0.25) is 0 Å². The first-order valence-electron chi connectivity index (χ1n) is 4.39. The second kappa shape index (κ2) is 4.39. The van der Waals surface area contributed by atoms with E-state index in [1.807, 2.05) is 0 Å². The van der Waals surface area contributed by atoms with Gasteiger partial charge in [0.1, 0.15) is 0 Å². The number of benzene rings is 1. The zero-order valence-electron chi connectivity index (χ0n) is 8.36. The molecule has 0 spiro atoms. The Morgan fingerprint density at radius 2 is 1.89 bits per heavy atom.